The Morgan fingerprint density at radius 2 is 0.924 bits per heavy atom. The molecule has 118 heavy (non-hydrogen) atoms. The maximum Gasteiger partial charge on any atom is 0.411 e. The van der Waals surface area contributed by atoms with E-state index in [2.05, 4.69) is 36.9 Å². The maximum atomic E-state index is 14.7. The van der Waals surface area contributed by atoms with Gasteiger partial charge in [-0.05, 0) is 152 Å². The van der Waals surface area contributed by atoms with Gasteiger partial charge in [0.25, 0.3) is 0 Å². The minimum Gasteiger partial charge on any atom is -0.497 e. The zero-order valence-electron chi connectivity index (χ0n) is 70.9. The van der Waals surface area contributed by atoms with Gasteiger partial charge in [0.15, 0.2) is 0 Å². The molecule has 636 valence electrons. The molecule has 10 rings (SSSR count). The maximum absolute atomic E-state index is 14.7. The van der Waals surface area contributed by atoms with E-state index < -0.39 is 112 Å². The van der Waals surface area contributed by atoms with Crippen LogP contribution in [0.3, 0.4) is 0 Å². The van der Waals surface area contributed by atoms with Crippen molar-refractivity contribution in [3.05, 3.63) is 160 Å². The number of amides is 4. The average molecular weight is 1630 g/mol. The van der Waals surface area contributed by atoms with Gasteiger partial charge in [0.1, 0.15) is 75.2 Å². The highest BCUT2D eigenvalue weighted by Gasteiger charge is 2.63. The normalized spacial score (nSPS) is 20.3. The van der Waals surface area contributed by atoms with Crippen molar-refractivity contribution in [1.82, 2.24) is 30.4 Å². The van der Waals surface area contributed by atoms with Crippen LogP contribution in [0.4, 0.5) is 4.79 Å². The number of hydrogen-bond donors (Lipinski definition) is 3. The van der Waals surface area contributed by atoms with Gasteiger partial charge in [-0.25, -0.2) is 24.4 Å². The molecule has 0 radical (unpaired) electrons. The molecule has 4 fully saturated rings. The van der Waals surface area contributed by atoms with Crippen molar-refractivity contribution in [3.63, 3.8) is 0 Å². The number of carbonyl (C=O) groups is 9. The highest BCUT2D eigenvalue weighted by atomic mass is 16.6. The largest absolute Gasteiger partial charge is 0.497 e. The molecule has 6 aromatic rings. The number of likely N-dealkylation sites (tertiary alicyclic amines) is 2. The lowest BCUT2D eigenvalue weighted by Crippen LogP contribution is -2.54. The molecule has 2 saturated carbocycles. The monoisotopic (exact) mass is 1620 g/mol. The van der Waals surface area contributed by atoms with Crippen molar-refractivity contribution in [2.75, 3.05) is 40.5 Å². The van der Waals surface area contributed by atoms with Gasteiger partial charge < -0.3 is 63.3 Å². The van der Waals surface area contributed by atoms with Crippen LogP contribution >= 0.6 is 0 Å². The number of nitrogens with one attached hydrogen (secondary N) is 2. The first kappa shape index (κ1) is 92.4. The van der Waals surface area contributed by atoms with Crippen LogP contribution in [0.15, 0.2) is 160 Å². The lowest BCUT2D eigenvalue weighted by Gasteiger charge is -2.29. The van der Waals surface area contributed by atoms with Crippen molar-refractivity contribution < 1.29 is 90.9 Å². The molecule has 2 aliphatic carbocycles. The van der Waals surface area contributed by atoms with E-state index in [-0.39, 0.29) is 69.7 Å². The molecule has 4 amide bonds. The number of hydrogen-bond acceptors (Lipinski definition) is 20. The van der Waals surface area contributed by atoms with Crippen LogP contribution in [0.2, 0.25) is 0 Å². The Morgan fingerprint density at radius 1 is 0.525 bits per heavy atom. The second-order valence-electron chi connectivity index (χ2n) is 33.2. The fraction of sp³-hybridized carbons (Fsp3) is 0.495. The van der Waals surface area contributed by atoms with E-state index >= 15 is 0 Å². The summed E-state index contributed by atoms with van der Waals surface area (Å²) in [6, 6.07) is 32.4. The van der Waals surface area contributed by atoms with Crippen molar-refractivity contribution in [1.29, 1.82) is 0 Å². The number of fused-ring (bicyclic) bond motifs is 2. The van der Waals surface area contributed by atoms with Crippen LogP contribution in [0.25, 0.3) is 44.3 Å². The molecule has 3 N–H and O–H groups in total. The van der Waals surface area contributed by atoms with E-state index in [4.69, 9.17) is 57.7 Å². The molecule has 2 aromatic heterocycles. The van der Waals surface area contributed by atoms with Gasteiger partial charge in [0, 0.05) is 76.8 Å². The minimum atomic E-state index is -1.26. The van der Waals surface area contributed by atoms with Crippen LogP contribution < -0.4 is 29.6 Å². The van der Waals surface area contributed by atoms with Gasteiger partial charge in [0.05, 0.1) is 81.7 Å². The van der Waals surface area contributed by atoms with E-state index in [0.717, 1.165) is 66.8 Å². The number of benzene rings is 4. The van der Waals surface area contributed by atoms with E-state index in [1.165, 1.54) is 9.80 Å². The van der Waals surface area contributed by atoms with E-state index in [1.54, 1.807) is 103 Å². The van der Waals surface area contributed by atoms with E-state index in [1.807, 2.05) is 121 Å². The third kappa shape index (κ3) is 25.7. The van der Waals surface area contributed by atoms with Crippen molar-refractivity contribution >= 4 is 75.5 Å². The molecule has 25 nitrogen and oxygen atoms in total. The fourth-order valence-corrected chi connectivity index (χ4v) is 14.6. The molecule has 4 aromatic carbocycles. The Hall–Kier alpha value is -11.1. The van der Waals surface area contributed by atoms with Crippen LogP contribution in [0.1, 0.15) is 179 Å². The number of ether oxygens (including phenoxy) is 9. The van der Waals surface area contributed by atoms with Crippen molar-refractivity contribution in [2.24, 2.45) is 23.7 Å². The number of carboxylic acid groups (broad SMARTS) is 1. The zero-order valence-corrected chi connectivity index (χ0v) is 70.9. The molecule has 25 heteroatoms. The summed E-state index contributed by atoms with van der Waals surface area (Å²) in [5.74, 6) is -3.74. The molecule has 4 unspecified atom stereocenters. The van der Waals surface area contributed by atoms with Crippen molar-refractivity contribution in [2.45, 2.75) is 231 Å². The summed E-state index contributed by atoms with van der Waals surface area (Å²) in [6.45, 7) is 35.0. The van der Waals surface area contributed by atoms with Crippen LogP contribution in [-0.4, -0.2) is 171 Å². The lowest BCUT2D eigenvalue weighted by atomic mass is 9.95. The number of unbranched alkanes of at least 4 members (excludes halogenated alkanes) is 6. The number of nitrogens with zero attached hydrogens (tertiary/aromatic N) is 4. The summed E-state index contributed by atoms with van der Waals surface area (Å²) in [7, 11) is 3.19. The zero-order chi connectivity index (χ0) is 86.3. The topological polar surface area (TPSA) is 313 Å². The Kier molecular flexibility index (Phi) is 32.8. The highest BCUT2D eigenvalue weighted by Crippen LogP contribution is 2.48. The first-order chi connectivity index (χ1) is 56.0. The molecule has 4 heterocycles. The first-order valence-electron chi connectivity index (χ1n) is 40.9. The Bertz CT molecular complexity index is 4530. The van der Waals surface area contributed by atoms with Crippen LogP contribution in [-0.2, 0) is 62.0 Å². The summed E-state index contributed by atoms with van der Waals surface area (Å²) in [6.07, 6.45) is 14.1. The Balaban J connectivity index is 0.000000245. The number of esters is 4. The predicted octanol–water partition coefficient (Wildman–Crippen LogP) is 16.2. The minimum absolute atomic E-state index is 0.0476. The fourth-order valence-electron chi connectivity index (χ4n) is 14.6. The molecule has 2 aliphatic heterocycles. The standard InChI is InChI=1S/C44H55N3O8.C34H39N3O7.C15H26O4/c1-8-11-12-13-15-20-30(23-39(48)55-43(4,5)6)41(50)47-28-33(25-37(47)40(49)46-44(27-31(44)9-2)42(51)53-10-3)54-38-26-35(29-18-16-14-17-19-29)45-36-24-32(52-7)21-22-34(36)38;1-7-22-19-34(22,31(39)42-8-2)36-30(38)28-17-24(20-37(28)32(40)44-33(3,4)5)43-29-18-26(21-12-10-9-11-13-21)35-27-16-23(41-6)14-15-25(27)29;1-5-6-7-8-9-10-12(14(17)18)11-13(16)19-15(2,3)4/h8-9,14,16-19,21-22,24,26,30-31,33,37H,1-2,10-13,15,20,23,25,27-28H2,3-7H3,(H,46,49);7,9-16,18,22,24,28H,1,8,17,19-20H2,2-6H3,(H,36,38);5,12H,1,6-11H2,2-4H3,(H,17,18)/t30-,31?,33-,37+,44?;22?,24-,28+,34?;12-/m111/s1. The number of methoxy groups -OCH3 is 2. The molecule has 10 atom stereocenters. The quantitative estimate of drug-likeness (QED) is 0.0142. The molecular weight excluding hydrogens is 1510 g/mol. The number of rotatable bonds is 36. The molecular formula is C93H120N6O19. The smallest absolute Gasteiger partial charge is 0.411 e. The molecule has 2 saturated heterocycles. The van der Waals surface area contributed by atoms with Gasteiger partial charge in [-0.2, -0.15) is 0 Å². The number of aromatic nitrogens is 2. The van der Waals surface area contributed by atoms with Gasteiger partial charge in [-0.15, -0.1) is 26.3 Å². The van der Waals surface area contributed by atoms with Gasteiger partial charge in [0.2, 0.25) is 17.7 Å². The molecule has 4 aliphatic rings. The van der Waals surface area contributed by atoms with Crippen LogP contribution in [0.5, 0.6) is 23.0 Å². The third-order valence-corrected chi connectivity index (χ3v) is 20.6. The summed E-state index contributed by atoms with van der Waals surface area (Å²) in [5, 5.41) is 16.4. The lowest BCUT2D eigenvalue weighted by molar-refractivity contribution is -0.160. The second-order valence-corrected chi connectivity index (χ2v) is 33.2. The summed E-state index contributed by atoms with van der Waals surface area (Å²) in [5.41, 5.74) is 0.00236. The molecule has 0 spiro atoms. The van der Waals surface area contributed by atoms with Crippen LogP contribution in [0, 0.1) is 23.7 Å². The number of aliphatic carboxylic acids is 1. The summed E-state index contributed by atoms with van der Waals surface area (Å²) < 4.78 is 51.3. The predicted molar refractivity (Wildman–Crippen MR) is 451 cm³/mol. The first-order valence-corrected chi connectivity index (χ1v) is 40.9. The second kappa shape index (κ2) is 41.8. The van der Waals surface area contributed by atoms with Crippen molar-refractivity contribution in [3.8, 4) is 45.5 Å². The summed E-state index contributed by atoms with van der Waals surface area (Å²) >= 11 is 0. The average Bonchev–Trinajstić information content (AvgIpc) is 1.58. The SMILES string of the molecule is C=CC1CC1(NC(=O)[C@@H]1C[C@@H](Oc2cc(-c3ccccc3)nc3cc(OC)ccc23)CN1C(=O)OC(C)(C)C)C(=O)OCC.C=CCCCCC[C@H](CC(=O)OC(C)(C)C)C(=O)N1C[C@H](Oc2cc(-c3ccccc3)nc3cc(OC)ccc23)C[C@H]1C(=O)NC1(C(=O)OCC)CC1C=C.C=CCCCCC[C@H](CC(=O)OC(C)(C)C)C(=O)O. The Labute approximate surface area is 694 Å². The molecule has 0 bridgehead atoms. The van der Waals surface area contributed by atoms with Gasteiger partial charge in [-0.3, -0.25) is 33.7 Å². The van der Waals surface area contributed by atoms with Gasteiger partial charge >= 0.3 is 35.9 Å². The highest BCUT2D eigenvalue weighted by molar-refractivity contribution is 5.98. The number of carboxylic acids is 1. The number of allylic oxidation sites excluding steroid dienone is 2. The van der Waals surface area contributed by atoms with Gasteiger partial charge in [-0.1, -0.05) is 111 Å². The summed E-state index contributed by atoms with van der Waals surface area (Å²) in [4.78, 5) is 131. The number of carbonyl (C=O) groups excluding carboxylic acids is 8. The Morgan fingerprint density at radius 3 is 1.30 bits per heavy atom. The van der Waals surface area contributed by atoms with E-state index in [9.17, 15) is 43.2 Å². The van der Waals surface area contributed by atoms with E-state index in [0.29, 0.717) is 77.5 Å². The number of pyridine rings is 2. The third-order valence-electron chi connectivity index (χ3n) is 20.6.